The third-order valence-electron chi connectivity index (χ3n) is 3.69. The first-order valence-corrected chi connectivity index (χ1v) is 7.08. The van der Waals surface area contributed by atoms with E-state index >= 15 is 0 Å². The summed E-state index contributed by atoms with van der Waals surface area (Å²) >= 11 is 0. The molecule has 3 atom stereocenters. The highest BCUT2D eigenvalue weighted by Crippen LogP contribution is 2.11. The molecule has 0 aromatic rings. The van der Waals surface area contributed by atoms with Gasteiger partial charge in [0.25, 0.3) is 5.91 Å². The molecule has 116 valence electrons. The van der Waals surface area contributed by atoms with Crippen molar-refractivity contribution in [2.24, 2.45) is 17.7 Å². The molecule has 5 N–H and O–H groups in total. The molecule has 0 aromatic heterocycles. The highest BCUT2D eigenvalue weighted by atomic mass is 16.5. The van der Waals surface area contributed by atoms with Gasteiger partial charge in [0.1, 0.15) is 6.04 Å². The number of hydrogen-bond acceptors (Lipinski definition) is 5. The van der Waals surface area contributed by atoms with Crippen LogP contribution in [0.2, 0.25) is 0 Å². The molecular formula is C13H26N4O3. The summed E-state index contributed by atoms with van der Waals surface area (Å²) in [5.41, 5.74) is 2.10. The minimum atomic E-state index is -0.668. The fraction of sp³-hybridized carbons (Fsp3) is 0.846. The van der Waals surface area contributed by atoms with Crippen molar-refractivity contribution in [3.05, 3.63) is 0 Å². The van der Waals surface area contributed by atoms with E-state index in [1.807, 2.05) is 20.8 Å². The third kappa shape index (κ3) is 5.07. The van der Waals surface area contributed by atoms with Gasteiger partial charge in [0.05, 0.1) is 12.7 Å². The second-order valence-corrected chi connectivity index (χ2v) is 5.54. The Labute approximate surface area is 120 Å². The van der Waals surface area contributed by atoms with Crippen LogP contribution in [0.15, 0.2) is 0 Å². The Hall–Kier alpha value is -1.18. The van der Waals surface area contributed by atoms with E-state index in [-0.39, 0.29) is 23.8 Å². The molecule has 20 heavy (non-hydrogen) atoms. The van der Waals surface area contributed by atoms with Gasteiger partial charge in [-0.25, -0.2) is 5.84 Å². The minimum Gasteiger partial charge on any atom is -0.375 e. The van der Waals surface area contributed by atoms with Gasteiger partial charge in [0, 0.05) is 25.4 Å². The second kappa shape index (κ2) is 8.18. The summed E-state index contributed by atoms with van der Waals surface area (Å²) in [6.45, 7) is 7.87. The Morgan fingerprint density at radius 2 is 2.05 bits per heavy atom. The molecule has 1 fully saturated rings. The zero-order valence-corrected chi connectivity index (χ0v) is 12.4. The first-order chi connectivity index (χ1) is 9.45. The average molecular weight is 286 g/mol. The van der Waals surface area contributed by atoms with Gasteiger partial charge in [-0.2, -0.15) is 0 Å². The fourth-order valence-electron chi connectivity index (χ4n) is 1.97. The quantitative estimate of drug-likeness (QED) is 0.289. The Balaban J connectivity index is 2.59. The van der Waals surface area contributed by atoms with Gasteiger partial charge < -0.3 is 15.4 Å². The molecule has 0 saturated carbocycles. The van der Waals surface area contributed by atoms with Crippen LogP contribution in [0.5, 0.6) is 0 Å². The maximum Gasteiger partial charge on any atom is 0.256 e. The van der Waals surface area contributed by atoms with Crippen molar-refractivity contribution in [3.8, 4) is 0 Å². The van der Waals surface area contributed by atoms with E-state index in [4.69, 9.17) is 10.6 Å². The molecule has 1 aliphatic rings. The molecule has 0 spiro atoms. The number of carbonyl (C=O) groups excluding carboxylic acids is 2. The summed E-state index contributed by atoms with van der Waals surface area (Å²) in [5, 5.41) is 5.95. The maximum absolute atomic E-state index is 12.1. The molecule has 2 amide bonds. The minimum absolute atomic E-state index is 0.0966. The van der Waals surface area contributed by atoms with Crippen LogP contribution < -0.4 is 21.9 Å². The van der Waals surface area contributed by atoms with Crippen LogP contribution in [0.4, 0.5) is 0 Å². The van der Waals surface area contributed by atoms with Crippen LogP contribution in [-0.4, -0.2) is 43.7 Å². The van der Waals surface area contributed by atoms with Gasteiger partial charge in [-0.15, -0.1) is 0 Å². The molecule has 0 unspecified atom stereocenters. The molecule has 1 heterocycles. The summed E-state index contributed by atoms with van der Waals surface area (Å²) in [4.78, 5) is 23.9. The number of carbonyl (C=O) groups is 2. The van der Waals surface area contributed by atoms with Crippen LogP contribution in [0, 0.1) is 11.8 Å². The molecular weight excluding hydrogens is 260 g/mol. The topological polar surface area (TPSA) is 105 Å². The van der Waals surface area contributed by atoms with E-state index in [1.54, 1.807) is 0 Å². The van der Waals surface area contributed by atoms with Crippen molar-refractivity contribution in [1.29, 1.82) is 0 Å². The van der Waals surface area contributed by atoms with E-state index in [0.717, 1.165) is 6.54 Å². The van der Waals surface area contributed by atoms with Gasteiger partial charge in [-0.3, -0.25) is 15.0 Å². The van der Waals surface area contributed by atoms with Gasteiger partial charge in [-0.05, 0) is 5.92 Å². The van der Waals surface area contributed by atoms with Crippen LogP contribution in [0.1, 0.15) is 27.2 Å². The summed E-state index contributed by atoms with van der Waals surface area (Å²) in [6.07, 6.45) is 0.313. The molecule has 1 rings (SSSR count). The van der Waals surface area contributed by atoms with Crippen molar-refractivity contribution < 1.29 is 14.3 Å². The number of morpholine rings is 1. The third-order valence-corrected chi connectivity index (χ3v) is 3.69. The normalized spacial score (nSPS) is 22.1. The Morgan fingerprint density at radius 1 is 1.35 bits per heavy atom. The second-order valence-electron chi connectivity index (χ2n) is 5.54. The number of rotatable bonds is 6. The van der Waals surface area contributed by atoms with Crippen LogP contribution in [0.3, 0.4) is 0 Å². The standard InChI is InChI=1S/C13H26N4O3/c1-8(2)9(3)12(18)16-11(13(19)17-14)6-10-7-15-4-5-20-10/h8-11,15H,4-7,14H2,1-3H3,(H,16,18)(H,17,19)/t9-,10-,11-/m0/s1. The summed E-state index contributed by atoms with van der Waals surface area (Å²) < 4.78 is 5.56. The van der Waals surface area contributed by atoms with Crippen LogP contribution >= 0.6 is 0 Å². The molecule has 7 nitrogen and oxygen atoms in total. The predicted molar refractivity (Wildman–Crippen MR) is 75.5 cm³/mol. The van der Waals surface area contributed by atoms with Gasteiger partial charge in [-0.1, -0.05) is 20.8 Å². The predicted octanol–water partition coefficient (Wildman–Crippen LogP) is -0.868. The van der Waals surface area contributed by atoms with Crippen LogP contribution in [0.25, 0.3) is 0 Å². The van der Waals surface area contributed by atoms with Crippen molar-refractivity contribution in [1.82, 2.24) is 16.1 Å². The van der Waals surface area contributed by atoms with E-state index in [9.17, 15) is 9.59 Å². The van der Waals surface area contributed by atoms with Gasteiger partial charge in [0.15, 0.2) is 0 Å². The highest BCUT2D eigenvalue weighted by molar-refractivity contribution is 5.88. The summed E-state index contributed by atoms with van der Waals surface area (Å²) in [7, 11) is 0. The van der Waals surface area contributed by atoms with Crippen molar-refractivity contribution in [2.45, 2.75) is 39.3 Å². The van der Waals surface area contributed by atoms with Crippen molar-refractivity contribution in [2.75, 3.05) is 19.7 Å². The lowest BCUT2D eigenvalue weighted by atomic mass is 9.96. The highest BCUT2D eigenvalue weighted by Gasteiger charge is 2.28. The average Bonchev–Trinajstić information content (AvgIpc) is 2.45. The van der Waals surface area contributed by atoms with Crippen molar-refractivity contribution in [3.63, 3.8) is 0 Å². The molecule has 0 bridgehead atoms. The monoisotopic (exact) mass is 286 g/mol. The van der Waals surface area contributed by atoms with Gasteiger partial charge in [0.2, 0.25) is 5.91 Å². The number of hydrogen-bond donors (Lipinski definition) is 4. The lowest BCUT2D eigenvalue weighted by Gasteiger charge is -2.28. The molecule has 1 saturated heterocycles. The zero-order chi connectivity index (χ0) is 15.1. The fourth-order valence-corrected chi connectivity index (χ4v) is 1.97. The Kier molecular flexibility index (Phi) is 6.90. The smallest absolute Gasteiger partial charge is 0.256 e. The molecule has 0 radical (unpaired) electrons. The molecule has 0 aliphatic carbocycles. The van der Waals surface area contributed by atoms with E-state index in [0.29, 0.717) is 19.6 Å². The number of nitrogens with two attached hydrogens (primary N) is 1. The zero-order valence-electron chi connectivity index (χ0n) is 12.4. The van der Waals surface area contributed by atoms with Crippen molar-refractivity contribution >= 4 is 11.8 Å². The summed E-state index contributed by atoms with van der Waals surface area (Å²) in [5.74, 6) is 4.69. The largest absolute Gasteiger partial charge is 0.375 e. The number of amides is 2. The SMILES string of the molecule is CC(C)[C@H](C)C(=O)N[C@@H](C[C@H]1CNCCO1)C(=O)NN. The van der Waals surface area contributed by atoms with E-state index in [2.05, 4.69) is 16.1 Å². The molecule has 1 aliphatic heterocycles. The first kappa shape index (κ1) is 16.9. The lowest BCUT2D eigenvalue weighted by Crippen LogP contribution is -2.53. The van der Waals surface area contributed by atoms with Gasteiger partial charge >= 0.3 is 0 Å². The van der Waals surface area contributed by atoms with Crippen LogP contribution in [-0.2, 0) is 14.3 Å². The Morgan fingerprint density at radius 3 is 2.55 bits per heavy atom. The molecule has 0 aromatic carbocycles. The lowest BCUT2D eigenvalue weighted by molar-refractivity contribution is -0.132. The maximum atomic E-state index is 12.1. The number of hydrazine groups is 1. The summed E-state index contributed by atoms with van der Waals surface area (Å²) in [6, 6.07) is -0.668. The molecule has 7 heteroatoms. The van der Waals surface area contributed by atoms with E-state index in [1.165, 1.54) is 0 Å². The van der Waals surface area contributed by atoms with E-state index < -0.39 is 11.9 Å². The number of nitrogens with one attached hydrogen (secondary N) is 3. The number of ether oxygens (including phenoxy) is 1. The Bertz CT molecular complexity index is 330. The first-order valence-electron chi connectivity index (χ1n) is 7.08.